The Balaban J connectivity index is 2.95. The number of thiocarbonyl (C=S) groups is 1. The molecule has 0 aliphatic carbocycles. The Morgan fingerprint density at radius 1 is 1.53 bits per heavy atom. The summed E-state index contributed by atoms with van der Waals surface area (Å²) in [7, 11) is 0. The third-order valence-electron chi connectivity index (χ3n) is 2.67. The third kappa shape index (κ3) is 4.17. The molecule has 0 saturated heterocycles. The number of benzene rings is 1. The topological polar surface area (TPSA) is 66.6 Å². The largest absolute Gasteiger partial charge is 0.507 e. The van der Waals surface area contributed by atoms with Gasteiger partial charge in [0.15, 0.2) is 0 Å². The zero-order valence-electron chi connectivity index (χ0n) is 10.9. The third-order valence-corrected chi connectivity index (χ3v) is 2.88. The van der Waals surface area contributed by atoms with Crippen molar-refractivity contribution in [3.63, 3.8) is 0 Å². The second-order valence-corrected chi connectivity index (χ2v) is 4.99. The standard InChI is InChI=1S/C13H17FN2O2S/c1-8(2)16(6-5-12(15)19)13(18)10-4-3-9(14)7-11(10)17/h3-4,7-8,17H,5-6H2,1-2H3,(H2,15,19). The number of carbonyl (C=O) groups is 1. The molecule has 104 valence electrons. The van der Waals surface area contributed by atoms with Crippen LogP contribution in [0.2, 0.25) is 0 Å². The first-order chi connectivity index (χ1) is 8.82. The van der Waals surface area contributed by atoms with Crippen molar-refractivity contribution in [2.24, 2.45) is 5.73 Å². The Kier molecular flexibility index (Phi) is 5.23. The fourth-order valence-corrected chi connectivity index (χ4v) is 1.76. The first kappa shape index (κ1) is 15.4. The number of hydrogen-bond donors (Lipinski definition) is 2. The molecule has 0 heterocycles. The fraction of sp³-hybridized carbons (Fsp3) is 0.385. The van der Waals surface area contributed by atoms with Gasteiger partial charge in [-0.3, -0.25) is 4.79 Å². The van der Waals surface area contributed by atoms with E-state index in [1.54, 1.807) is 0 Å². The van der Waals surface area contributed by atoms with Gasteiger partial charge in [-0.05, 0) is 26.0 Å². The number of phenolic OH excluding ortho intramolecular Hbond substituents is 1. The summed E-state index contributed by atoms with van der Waals surface area (Å²) in [6.07, 6.45) is 0.404. The summed E-state index contributed by atoms with van der Waals surface area (Å²) in [5.41, 5.74) is 5.49. The molecule has 1 aromatic carbocycles. The Hall–Kier alpha value is -1.69. The van der Waals surface area contributed by atoms with Crippen LogP contribution in [-0.2, 0) is 0 Å². The van der Waals surface area contributed by atoms with Gasteiger partial charge in [0, 0.05) is 25.1 Å². The molecule has 0 aliphatic rings. The van der Waals surface area contributed by atoms with Crippen LogP contribution >= 0.6 is 12.2 Å². The SMILES string of the molecule is CC(C)N(CCC(N)=S)C(=O)c1ccc(F)cc1O. The summed E-state index contributed by atoms with van der Waals surface area (Å²) in [5.74, 6) is -1.33. The number of hydrogen-bond acceptors (Lipinski definition) is 3. The highest BCUT2D eigenvalue weighted by Crippen LogP contribution is 2.21. The normalized spacial score (nSPS) is 10.5. The van der Waals surface area contributed by atoms with Crippen LogP contribution in [0, 0.1) is 5.82 Å². The number of phenols is 1. The molecule has 0 spiro atoms. The minimum Gasteiger partial charge on any atom is -0.507 e. The minimum absolute atomic E-state index is 0.0676. The quantitative estimate of drug-likeness (QED) is 0.812. The van der Waals surface area contributed by atoms with Crippen molar-refractivity contribution in [3.8, 4) is 5.75 Å². The summed E-state index contributed by atoms with van der Waals surface area (Å²) in [6.45, 7) is 4.05. The molecule has 3 N–H and O–H groups in total. The summed E-state index contributed by atoms with van der Waals surface area (Å²) < 4.78 is 12.9. The Bertz CT molecular complexity index is 492. The molecular formula is C13H17FN2O2S. The van der Waals surface area contributed by atoms with Crippen molar-refractivity contribution in [2.45, 2.75) is 26.3 Å². The lowest BCUT2D eigenvalue weighted by Gasteiger charge is -2.27. The van der Waals surface area contributed by atoms with Crippen LogP contribution in [0.3, 0.4) is 0 Å². The van der Waals surface area contributed by atoms with Crippen LogP contribution in [0.4, 0.5) is 4.39 Å². The second-order valence-electron chi connectivity index (χ2n) is 4.47. The van der Waals surface area contributed by atoms with Gasteiger partial charge in [0.1, 0.15) is 11.6 Å². The number of aromatic hydroxyl groups is 1. The average molecular weight is 284 g/mol. The summed E-state index contributed by atoms with van der Waals surface area (Å²) >= 11 is 4.79. The molecule has 4 nitrogen and oxygen atoms in total. The van der Waals surface area contributed by atoms with E-state index in [0.717, 1.165) is 12.1 Å². The van der Waals surface area contributed by atoms with E-state index < -0.39 is 5.82 Å². The molecule has 0 aromatic heterocycles. The Morgan fingerprint density at radius 2 is 2.16 bits per heavy atom. The van der Waals surface area contributed by atoms with Crippen LogP contribution in [0.1, 0.15) is 30.6 Å². The van der Waals surface area contributed by atoms with E-state index in [9.17, 15) is 14.3 Å². The van der Waals surface area contributed by atoms with E-state index >= 15 is 0 Å². The maximum atomic E-state index is 12.9. The summed E-state index contributed by atoms with van der Waals surface area (Å²) in [4.78, 5) is 14.1. The Morgan fingerprint density at radius 3 is 2.63 bits per heavy atom. The molecule has 1 aromatic rings. The van der Waals surface area contributed by atoms with E-state index in [0.29, 0.717) is 18.0 Å². The smallest absolute Gasteiger partial charge is 0.257 e. The molecule has 0 saturated carbocycles. The fourth-order valence-electron chi connectivity index (χ4n) is 1.67. The van der Waals surface area contributed by atoms with Crippen molar-refractivity contribution in [2.75, 3.05) is 6.54 Å². The number of rotatable bonds is 5. The van der Waals surface area contributed by atoms with Gasteiger partial charge in [-0.25, -0.2) is 4.39 Å². The number of nitrogens with zero attached hydrogens (tertiary/aromatic N) is 1. The maximum Gasteiger partial charge on any atom is 0.257 e. The van der Waals surface area contributed by atoms with Crippen molar-refractivity contribution in [1.82, 2.24) is 4.90 Å². The monoisotopic (exact) mass is 284 g/mol. The van der Waals surface area contributed by atoms with E-state index in [2.05, 4.69) is 0 Å². The van der Waals surface area contributed by atoms with Gasteiger partial charge in [-0.1, -0.05) is 12.2 Å². The summed E-state index contributed by atoms with van der Waals surface area (Å²) in [6, 6.07) is 3.24. The van der Waals surface area contributed by atoms with E-state index in [1.807, 2.05) is 13.8 Å². The summed E-state index contributed by atoms with van der Waals surface area (Å²) in [5, 5.41) is 9.63. The lowest BCUT2D eigenvalue weighted by Crippen LogP contribution is -2.39. The van der Waals surface area contributed by atoms with Gasteiger partial charge in [0.2, 0.25) is 0 Å². The van der Waals surface area contributed by atoms with Crippen molar-refractivity contribution in [1.29, 1.82) is 0 Å². The molecule has 19 heavy (non-hydrogen) atoms. The minimum atomic E-state index is -0.590. The van der Waals surface area contributed by atoms with Gasteiger partial charge in [0.05, 0.1) is 10.6 Å². The van der Waals surface area contributed by atoms with Crippen LogP contribution in [0.5, 0.6) is 5.75 Å². The number of amides is 1. The first-order valence-electron chi connectivity index (χ1n) is 5.90. The van der Waals surface area contributed by atoms with Crippen LogP contribution in [0.15, 0.2) is 18.2 Å². The van der Waals surface area contributed by atoms with Crippen LogP contribution in [-0.4, -0.2) is 33.5 Å². The van der Waals surface area contributed by atoms with Gasteiger partial charge in [0.25, 0.3) is 5.91 Å². The average Bonchev–Trinajstić information content (AvgIpc) is 2.27. The number of nitrogens with two attached hydrogens (primary N) is 1. The highest BCUT2D eigenvalue weighted by molar-refractivity contribution is 7.80. The molecule has 0 atom stereocenters. The number of carbonyl (C=O) groups excluding carboxylic acids is 1. The van der Waals surface area contributed by atoms with Crippen molar-refractivity contribution in [3.05, 3.63) is 29.6 Å². The second kappa shape index (κ2) is 6.47. The van der Waals surface area contributed by atoms with Crippen molar-refractivity contribution < 1.29 is 14.3 Å². The highest BCUT2D eigenvalue weighted by Gasteiger charge is 2.21. The van der Waals surface area contributed by atoms with E-state index in [-0.39, 0.29) is 23.3 Å². The van der Waals surface area contributed by atoms with Crippen molar-refractivity contribution >= 4 is 23.1 Å². The maximum absolute atomic E-state index is 12.9. The van der Waals surface area contributed by atoms with E-state index in [4.69, 9.17) is 18.0 Å². The lowest BCUT2D eigenvalue weighted by molar-refractivity contribution is 0.0708. The molecule has 1 rings (SSSR count). The predicted octanol–water partition coefficient (Wildman–Crippen LogP) is 2.06. The van der Waals surface area contributed by atoms with Crippen LogP contribution in [0.25, 0.3) is 0 Å². The van der Waals surface area contributed by atoms with Crippen LogP contribution < -0.4 is 5.73 Å². The lowest BCUT2D eigenvalue weighted by atomic mass is 10.1. The highest BCUT2D eigenvalue weighted by atomic mass is 32.1. The molecule has 0 unspecified atom stereocenters. The zero-order valence-corrected chi connectivity index (χ0v) is 11.7. The predicted molar refractivity (Wildman–Crippen MR) is 75.6 cm³/mol. The van der Waals surface area contributed by atoms with E-state index in [1.165, 1.54) is 11.0 Å². The molecular weight excluding hydrogens is 267 g/mol. The number of halogens is 1. The molecule has 0 bridgehead atoms. The van der Waals surface area contributed by atoms with Gasteiger partial charge in [-0.15, -0.1) is 0 Å². The molecule has 6 heteroatoms. The van der Waals surface area contributed by atoms with Gasteiger partial charge in [-0.2, -0.15) is 0 Å². The molecule has 1 amide bonds. The molecule has 0 aliphatic heterocycles. The first-order valence-corrected chi connectivity index (χ1v) is 6.31. The molecule has 0 fully saturated rings. The zero-order chi connectivity index (χ0) is 14.6. The Labute approximate surface area is 117 Å². The molecule has 0 radical (unpaired) electrons. The van der Waals surface area contributed by atoms with Gasteiger partial charge >= 0.3 is 0 Å². The van der Waals surface area contributed by atoms with Gasteiger partial charge < -0.3 is 15.7 Å².